The molecule has 0 aliphatic heterocycles. The number of carbonyl (C=O) groups excluding carboxylic acids is 2. The van der Waals surface area contributed by atoms with Crippen LogP contribution in [0.25, 0.3) is 0 Å². The predicted octanol–water partition coefficient (Wildman–Crippen LogP) is -0.738. The zero-order valence-electron chi connectivity index (χ0n) is 15.7. The smallest absolute Gasteiger partial charge is 0.550 e. The Labute approximate surface area is 169 Å². The number of aliphatic hydroxyl groups is 1. The van der Waals surface area contributed by atoms with Crippen LogP contribution in [0.4, 0.5) is 0 Å². The van der Waals surface area contributed by atoms with E-state index in [9.17, 15) is 14.7 Å². The van der Waals surface area contributed by atoms with E-state index in [2.05, 4.69) is 6.92 Å². The largest absolute Gasteiger partial charge is 1.00 e. The summed E-state index contributed by atoms with van der Waals surface area (Å²) in [5.74, 6) is -1.16. The Morgan fingerprint density at radius 2 is 1.38 bits per heavy atom. The van der Waals surface area contributed by atoms with Crippen molar-refractivity contribution in [2.75, 3.05) is 19.7 Å². The van der Waals surface area contributed by atoms with Crippen LogP contribution in [-0.2, 0) is 9.59 Å². The first-order valence-corrected chi connectivity index (χ1v) is 9.20. The summed E-state index contributed by atoms with van der Waals surface area (Å²) < 4.78 is 0. The van der Waals surface area contributed by atoms with Crippen molar-refractivity contribution in [3.63, 3.8) is 0 Å². The molecular formula is C18H34NNaO4. The van der Waals surface area contributed by atoms with Crippen LogP contribution in [-0.4, -0.2) is 41.6 Å². The summed E-state index contributed by atoms with van der Waals surface area (Å²) in [7, 11) is 0. The minimum absolute atomic E-state index is 0. The molecule has 0 aliphatic rings. The topological polar surface area (TPSA) is 80.7 Å². The van der Waals surface area contributed by atoms with Gasteiger partial charge < -0.3 is 19.9 Å². The quantitative estimate of drug-likeness (QED) is 0.293. The van der Waals surface area contributed by atoms with Crippen molar-refractivity contribution in [2.45, 2.75) is 84.0 Å². The summed E-state index contributed by atoms with van der Waals surface area (Å²) in [5, 5.41) is 19.4. The van der Waals surface area contributed by atoms with E-state index in [1.54, 1.807) is 0 Å². The fraction of sp³-hybridized carbons (Fsp3) is 0.889. The van der Waals surface area contributed by atoms with E-state index < -0.39 is 5.97 Å². The number of hydrogen-bond acceptors (Lipinski definition) is 4. The number of carboxylic acid groups (broad SMARTS) is 1. The third-order valence-electron chi connectivity index (χ3n) is 4.02. The van der Waals surface area contributed by atoms with Crippen molar-refractivity contribution in [1.82, 2.24) is 4.90 Å². The number of carboxylic acids is 1. The van der Waals surface area contributed by atoms with Gasteiger partial charge in [0.05, 0.1) is 0 Å². The Bertz CT molecular complexity index is 313. The molecular weight excluding hydrogens is 317 g/mol. The molecule has 0 radical (unpaired) electrons. The number of unbranched alkanes of at least 4 members (excludes halogenated alkanes) is 8. The minimum atomic E-state index is -1.14. The van der Waals surface area contributed by atoms with E-state index in [-0.39, 0.29) is 55.0 Å². The van der Waals surface area contributed by atoms with Gasteiger partial charge >= 0.3 is 29.6 Å². The van der Waals surface area contributed by atoms with E-state index in [1.165, 1.54) is 43.4 Å². The van der Waals surface area contributed by atoms with Gasteiger partial charge in [0, 0.05) is 38.5 Å². The molecule has 0 saturated carbocycles. The predicted molar refractivity (Wildman–Crippen MR) is 89.8 cm³/mol. The Kier molecular flexibility index (Phi) is 20.9. The van der Waals surface area contributed by atoms with Crippen LogP contribution in [0, 0.1) is 0 Å². The fourth-order valence-corrected chi connectivity index (χ4v) is 2.59. The average Bonchev–Trinajstić information content (AvgIpc) is 2.53. The zero-order chi connectivity index (χ0) is 17.3. The number of nitrogens with zero attached hydrogens (tertiary/aromatic N) is 1. The minimum Gasteiger partial charge on any atom is -0.550 e. The molecule has 1 N–H and O–H groups in total. The summed E-state index contributed by atoms with van der Waals surface area (Å²) in [6.07, 6.45) is 11.6. The fourth-order valence-electron chi connectivity index (χ4n) is 2.59. The number of rotatable bonds is 16. The second-order valence-electron chi connectivity index (χ2n) is 6.16. The van der Waals surface area contributed by atoms with Gasteiger partial charge in [-0.1, -0.05) is 58.3 Å². The van der Waals surface area contributed by atoms with Crippen LogP contribution >= 0.6 is 0 Å². The van der Waals surface area contributed by atoms with Crippen molar-refractivity contribution >= 4 is 11.9 Å². The van der Waals surface area contributed by atoms with Crippen molar-refractivity contribution in [3.05, 3.63) is 0 Å². The molecule has 0 rings (SSSR count). The monoisotopic (exact) mass is 351 g/mol. The normalized spacial score (nSPS) is 10.2. The van der Waals surface area contributed by atoms with Gasteiger partial charge in [0.2, 0.25) is 5.91 Å². The first-order valence-electron chi connectivity index (χ1n) is 9.20. The second kappa shape index (κ2) is 19.2. The Morgan fingerprint density at radius 3 is 1.88 bits per heavy atom. The molecule has 0 fully saturated rings. The summed E-state index contributed by atoms with van der Waals surface area (Å²) in [6.45, 7) is 2.82. The molecule has 0 unspecified atom stereocenters. The molecule has 0 atom stereocenters. The zero-order valence-corrected chi connectivity index (χ0v) is 17.7. The summed E-state index contributed by atoms with van der Waals surface area (Å²) >= 11 is 0. The van der Waals surface area contributed by atoms with Crippen LogP contribution in [0.3, 0.4) is 0 Å². The molecule has 6 heteroatoms. The molecule has 0 aliphatic carbocycles. The van der Waals surface area contributed by atoms with E-state index in [0.717, 1.165) is 19.3 Å². The number of carbonyl (C=O) groups is 2. The van der Waals surface area contributed by atoms with Crippen LogP contribution in [0.5, 0.6) is 0 Å². The Balaban J connectivity index is 0. The van der Waals surface area contributed by atoms with E-state index in [4.69, 9.17) is 5.11 Å². The Hall–Kier alpha value is -0.100. The van der Waals surface area contributed by atoms with E-state index in [1.807, 2.05) is 0 Å². The SMILES string of the molecule is CCCCCCCCCCCC(=O)N(CCCO)CCC(=O)[O-].[Na+]. The van der Waals surface area contributed by atoms with Gasteiger partial charge in [0.15, 0.2) is 0 Å². The van der Waals surface area contributed by atoms with Crippen molar-refractivity contribution in [1.29, 1.82) is 0 Å². The molecule has 0 aromatic rings. The number of aliphatic hydroxyl groups excluding tert-OH is 1. The summed E-state index contributed by atoms with van der Waals surface area (Å²) in [5.41, 5.74) is 0. The molecule has 136 valence electrons. The summed E-state index contributed by atoms with van der Waals surface area (Å²) in [4.78, 5) is 24.2. The molecule has 0 aromatic heterocycles. The maximum absolute atomic E-state index is 12.1. The Morgan fingerprint density at radius 1 is 0.833 bits per heavy atom. The van der Waals surface area contributed by atoms with Gasteiger partial charge in [0.25, 0.3) is 0 Å². The molecule has 0 heterocycles. The van der Waals surface area contributed by atoms with Gasteiger partial charge in [-0.15, -0.1) is 0 Å². The first kappa shape index (κ1) is 26.1. The molecule has 0 aromatic carbocycles. The third kappa shape index (κ3) is 16.7. The maximum atomic E-state index is 12.1. The van der Waals surface area contributed by atoms with Gasteiger partial charge in [-0.05, 0) is 12.8 Å². The van der Waals surface area contributed by atoms with Crippen LogP contribution in [0.1, 0.15) is 84.0 Å². The van der Waals surface area contributed by atoms with Gasteiger partial charge in [-0.2, -0.15) is 0 Å². The molecule has 24 heavy (non-hydrogen) atoms. The number of amides is 1. The van der Waals surface area contributed by atoms with Crippen LogP contribution < -0.4 is 34.7 Å². The van der Waals surface area contributed by atoms with E-state index in [0.29, 0.717) is 19.4 Å². The van der Waals surface area contributed by atoms with Crippen LogP contribution in [0.15, 0.2) is 0 Å². The van der Waals surface area contributed by atoms with Crippen molar-refractivity contribution < 1.29 is 49.4 Å². The first-order chi connectivity index (χ1) is 11.1. The van der Waals surface area contributed by atoms with Gasteiger partial charge in [-0.25, -0.2) is 0 Å². The molecule has 0 spiro atoms. The average molecular weight is 351 g/mol. The van der Waals surface area contributed by atoms with E-state index >= 15 is 0 Å². The molecule has 1 amide bonds. The van der Waals surface area contributed by atoms with Gasteiger partial charge in [0.1, 0.15) is 0 Å². The maximum Gasteiger partial charge on any atom is 1.00 e. The molecule has 5 nitrogen and oxygen atoms in total. The van der Waals surface area contributed by atoms with Gasteiger partial charge in [-0.3, -0.25) is 4.79 Å². The van der Waals surface area contributed by atoms with Crippen LogP contribution in [0.2, 0.25) is 0 Å². The van der Waals surface area contributed by atoms with Crippen molar-refractivity contribution in [3.8, 4) is 0 Å². The molecule has 0 bridgehead atoms. The second-order valence-corrected chi connectivity index (χ2v) is 6.16. The third-order valence-corrected chi connectivity index (χ3v) is 4.02. The standard InChI is InChI=1S/C18H35NO4.Na/c1-2-3-4-5-6-7-8-9-10-12-17(21)19(14-11-16-20)15-13-18(22)23;/h20H,2-16H2,1H3,(H,22,23);/q;+1/p-1. The number of aliphatic carboxylic acids is 1. The molecule has 0 saturated heterocycles. The summed E-state index contributed by atoms with van der Waals surface area (Å²) in [6, 6.07) is 0. The number of hydrogen-bond donors (Lipinski definition) is 1. The van der Waals surface area contributed by atoms with Crippen molar-refractivity contribution in [2.24, 2.45) is 0 Å².